The van der Waals surface area contributed by atoms with Crippen LogP contribution in [0.3, 0.4) is 0 Å². The van der Waals surface area contributed by atoms with Crippen molar-refractivity contribution < 1.29 is 9.47 Å². The van der Waals surface area contributed by atoms with Crippen LogP contribution in [0.1, 0.15) is 5.56 Å². The lowest BCUT2D eigenvalue weighted by Crippen LogP contribution is -1.96. The molecule has 0 atom stereocenters. The van der Waals surface area contributed by atoms with Gasteiger partial charge >= 0.3 is 0 Å². The molecule has 1 aromatic rings. The van der Waals surface area contributed by atoms with E-state index in [-0.39, 0.29) is 0 Å². The first-order chi connectivity index (χ1) is 6.33. The van der Waals surface area contributed by atoms with E-state index in [0.29, 0.717) is 11.5 Å². The van der Waals surface area contributed by atoms with E-state index in [1.54, 1.807) is 14.2 Å². The molecule has 0 spiro atoms. The molecule has 0 aliphatic carbocycles. The van der Waals surface area contributed by atoms with Gasteiger partial charge < -0.3 is 15.3 Å². The molecule has 0 aromatic heterocycles. The van der Waals surface area contributed by atoms with Crippen LogP contribution in [0.25, 0.3) is 0 Å². The van der Waals surface area contributed by atoms with Crippen molar-refractivity contribution in [3.63, 3.8) is 0 Å². The third-order valence-corrected chi connectivity index (χ3v) is 1.67. The number of rotatable bonds is 3. The number of hydrogen-bond donors (Lipinski definition) is 1. The summed E-state index contributed by atoms with van der Waals surface area (Å²) in [4.78, 5) is 0. The van der Waals surface area contributed by atoms with Gasteiger partial charge in [0.05, 0.1) is 26.0 Å². The summed E-state index contributed by atoms with van der Waals surface area (Å²) in [5, 5.41) is 3.44. The first-order valence-corrected chi connectivity index (χ1v) is 3.77. The number of nitrogens with zero attached hydrogens (tertiary/aromatic N) is 1. The lowest BCUT2D eigenvalue weighted by Gasteiger charge is -2.08. The van der Waals surface area contributed by atoms with Crippen molar-refractivity contribution in [2.45, 2.75) is 0 Å². The van der Waals surface area contributed by atoms with Gasteiger partial charge in [0.15, 0.2) is 0 Å². The molecule has 13 heavy (non-hydrogen) atoms. The highest BCUT2D eigenvalue weighted by molar-refractivity contribution is 5.87. The Kier molecular flexibility index (Phi) is 3.14. The zero-order valence-corrected chi connectivity index (χ0v) is 7.65. The molecule has 1 aromatic carbocycles. The zero-order chi connectivity index (χ0) is 9.68. The SMILES string of the molecule is COc1cccc(OC)c1/C=N/N. The summed E-state index contributed by atoms with van der Waals surface area (Å²) in [6.45, 7) is 0. The Morgan fingerprint density at radius 1 is 1.23 bits per heavy atom. The highest BCUT2D eigenvalue weighted by atomic mass is 16.5. The zero-order valence-electron chi connectivity index (χ0n) is 7.65. The summed E-state index contributed by atoms with van der Waals surface area (Å²) in [7, 11) is 3.17. The summed E-state index contributed by atoms with van der Waals surface area (Å²) in [6.07, 6.45) is 1.50. The molecule has 4 nitrogen and oxygen atoms in total. The second-order valence-electron chi connectivity index (χ2n) is 2.35. The minimum Gasteiger partial charge on any atom is -0.496 e. The van der Waals surface area contributed by atoms with Crippen LogP contribution in [0.15, 0.2) is 23.3 Å². The number of hydrogen-bond acceptors (Lipinski definition) is 4. The number of hydrazone groups is 1. The summed E-state index contributed by atoms with van der Waals surface area (Å²) in [5.74, 6) is 6.44. The Morgan fingerprint density at radius 2 is 1.77 bits per heavy atom. The standard InChI is InChI=1S/C9H12N2O2/c1-12-8-4-3-5-9(13-2)7(8)6-11-10/h3-6H,10H2,1-2H3/b11-6+. The number of methoxy groups -OCH3 is 2. The lowest BCUT2D eigenvalue weighted by molar-refractivity contribution is 0.393. The third-order valence-electron chi connectivity index (χ3n) is 1.67. The van der Waals surface area contributed by atoms with E-state index in [1.165, 1.54) is 6.21 Å². The third kappa shape index (κ3) is 1.90. The van der Waals surface area contributed by atoms with Crippen molar-refractivity contribution in [2.75, 3.05) is 14.2 Å². The van der Waals surface area contributed by atoms with Crippen molar-refractivity contribution in [2.24, 2.45) is 10.9 Å². The summed E-state index contributed by atoms with van der Waals surface area (Å²) < 4.78 is 10.2. The van der Waals surface area contributed by atoms with Crippen LogP contribution < -0.4 is 15.3 Å². The van der Waals surface area contributed by atoms with Gasteiger partial charge in [-0.2, -0.15) is 5.10 Å². The van der Waals surface area contributed by atoms with Crippen LogP contribution in [-0.2, 0) is 0 Å². The monoisotopic (exact) mass is 180 g/mol. The van der Waals surface area contributed by atoms with Crippen LogP contribution >= 0.6 is 0 Å². The fourth-order valence-corrected chi connectivity index (χ4v) is 1.08. The molecule has 0 saturated heterocycles. The Balaban J connectivity index is 3.21. The maximum Gasteiger partial charge on any atom is 0.131 e. The molecule has 0 radical (unpaired) electrons. The molecule has 0 saturated carbocycles. The normalized spacial score (nSPS) is 10.3. The van der Waals surface area contributed by atoms with Gasteiger partial charge in [0.1, 0.15) is 11.5 Å². The van der Waals surface area contributed by atoms with E-state index >= 15 is 0 Å². The van der Waals surface area contributed by atoms with Crippen molar-refractivity contribution in [1.82, 2.24) is 0 Å². The fourth-order valence-electron chi connectivity index (χ4n) is 1.08. The van der Waals surface area contributed by atoms with E-state index in [1.807, 2.05) is 18.2 Å². The van der Waals surface area contributed by atoms with Crippen LogP contribution in [0, 0.1) is 0 Å². The van der Waals surface area contributed by atoms with Crippen LogP contribution in [-0.4, -0.2) is 20.4 Å². The van der Waals surface area contributed by atoms with Crippen molar-refractivity contribution >= 4 is 6.21 Å². The smallest absolute Gasteiger partial charge is 0.131 e. The predicted molar refractivity (Wildman–Crippen MR) is 51.3 cm³/mol. The average molecular weight is 180 g/mol. The van der Waals surface area contributed by atoms with E-state index < -0.39 is 0 Å². The van der Waals surface area contributed by atoms with Gasteiger partial charge in [-0.3, -0.25) is 0 Å². The van der Waals surface area contributed by atoms with Gasteiger partial charge in [-0.05, 0) is 12.1 Å². The molecular formula is C9H12N2O2. The molecule has 4 heteroatoms. The molecule has 0 unspecified atom stereocenters. The van der Waals surface area contributed by atoms with Gasteiger partial charge in [0, 0.05) is 0 Å². The topological polar surface area (TPSA) is 56.8 Å². The van der Waals surface area contributed by atoms with Crippen molar-refractivity contribution in [3.05, 3.63) is 23.8 Å². The molecule has 0 amide bonds. The van der Waals surface area contributed by atoms with Gasteiger partial charge in [0.25, 0.3) is 0 Å². The first kappa shape index (κ1) is 9.38. The maximum atomic E-state index is 5.11. The number of benzene rings is 1. The van der Waals surface area contributed by atoms with E-state index in [9.17, 15) is 0 Å². The van der Waals surface area contributed by atoms with Crippen LogP contribution in [0.5, 0.6) is 11.5 Å². The predicted octanol–water partition coefficient (Wildman–Crippen LogP) is 0.996. The van der Waals surface area contributed by atoms with Gasteiger partial charge in [-0.1, -0.05) is 6.07 Å². The van der Waals surface area contributed by atoms with Crippen LogP contribution in [0.2, 0.25) is 0 Å². The summed E-state index contributed by atoms with van der Waals surface area (Å²) >= 11 is 0. The van der Waals surface area contributed by atoms with Gasteiger partial charge in [-0.15, -0.1) is 0 Å². The molecule has 2 N–H and O–H groups in total. The summed E-state index contributed by atoms with van der Waals surface area (Å²) in [5.41, 5.74) is 0.745. The molecule has 0 bridgehead atoms. The van der Waals surface area contributed by atoms with E-state index in [4.69, 9.17) is 15.3 Å². The van der Waals surface area contributed by atoms with E-state index in [2.05, 4.69) is 5.10 Å². The Hall–Kier alpha value is -1.71. The van der Waals surface area contributed by atoms with Crippen molar-refractivity contribution in [3.8, 4) is 11.5 Å². The van der Waals surface area contributed by atoms with Crippen LogP contribution in [0.4, 0.5) is 0 Å². The minimum absolute atomic E-state index is 0.688. The second kappa shape index (κ2) is 4.35. The first-order valence-electron chi connectivity index (χ1n) is 3.77. The molecule has 70 valence electrons. The molecule has 0 aliphatic rings. The second-order valence-corrected chi connectivity index (χ2v) is 2.35. The maximum absolute atomic E-state index is 5.11. The number of ether oxygens (including phenoxy) is 2. The van der Waals surface area contributed by atoms with Gasteiger partial charge in [0.2, 0.25) is 0 Å². The van der Waals surface area contributed by atoms with Crippen molar-refractivity contribution in [1.29, 1.82) is 0 Å². The lowest BCUT2D eigenvalue weighted by atomic mass is 10.2. The average Bonchev–Trinajstić information content (AvgIpc) is 2.18. The Bertz CT molecular complexity index is 288. The van der Waals surface area contributed by atoms with Gasteiger partial charge in [-0.25, -0.2) is 0 Å². The molecule has 1 rings (SSSR count). The fraction of sp³-hybridized carbons (Fsp3) is 0.222. The molecule has 0 aliphatic heterocycles. The summed E-state index contributed by atoms with van der Waals surface area (Å²) in [6, 6.07) is 5.48. The molecular weight excluding hydrogens is 168 g/mol. The molecule has 0 heterocycles. The largest absolute Gasteiger partial charge is 0.496 e. The number of nitrogens with two attached hydrogens (primary N) is 1. The highest BCUT2D eigenvalue weighted by Gasteiger charge is 2.06. The quantitative estimate of drug-likeness (QED) is 0.429. The highest BCUT2D eigenvalue weighted by Crippen LogP contribution is 2.25. The van der Waals surface area contributed by atoms with E-state index in [0.717, 1.165) is 5.56 Å². The minimum atomic E-state index is 0.688. The Labute approximate surface area is 77.0 Å². The Morgan fingerprint density at radius 3 is 2.15 bits per heavy atom. The molecule has 0 fully saturated rings.